The van der Waals surface area contributed by atoms with Crippen molar-refractivity contribution in [3.63, 3.8) is 0 Å². The summed E-state index contributed by atoms with van der Waals surface area (Å²) in [6.07, 6.45) is 1.53. The van der Waals surface area contributed by atoms with E-state index in [0.717, 1.165) is 43.2 Å². The molecule has 1 fully saturated rings. The molecule has 2 aromatic rings. The van der Waals surface area contributed by atoms with Crippen molar-refractivity contribution in [2.24, 2.45) is 0 Å². The van der Waals surface area contributed by atoms with Crippen molar-refractivity contribution < 1.29 is 4.79 Å². The van der Waals surface area contributed by atoms with Gasteiger partial charge in [0.2, 0.25) is 5.91 Å². The largest absolute Gasteiger partial charge is 0.350 e. The zero-order valence-corrected chi connectivity index (χ0v) is 12.4. The van der Waals surface area contributed by atoms with Crippen LogP contribution in [0.1, 0.15) is 5.56 Å². The van der Waals surface area contributed by atoms with Crippen LogP contribution in [0, 0.1) is 6.92 Å². The Labute approximate surface area is 123 Å². The molecule has 1 aliphatic rings. The van der Waals surface area contributed by atoms with Gasteiger partial charge in [-0.3, -0.25) is 4.79 Å². The van der Waals surface area contributed by atoms with E-state index in [1.807, 2.05) is 35.9 Å². The van der Waals surface area contributed by atoms with Crippen LogP contribution < -0.4 is 10.2 Å². The summed E-state index contributed by atoms with van der Waals surface area (Å²) >= 11 is 0. The lowest BCUT2D eigenvalue weighted by atomic mass is 10.2. The first-order chi connectivity index (χ1) is 10.1. The highest BCUT2D eigenvalue weighted by Crippen LogP contribution is 2.16. The monoisotopic (exact) mass is 288 g/mol. The second-order valence-corrected chi connectivity index (χ2v) is 5.41. The number of aryl methyl sites for hydroxylation is 1. The fourth-order valence-electron chi connectivity index (χ4n) is 2.61. The molecule has 0 radical (unpaired) electrons. The highest BCUT2D eigenvalue weighted by molar-refractivity contribution is 5.81. The molecule has 0 saturated carbocycles. The third kappa shape index (κ3) is 2.82. The summed E-state index contributed by atoms with van der Waals surface area (Å²) in [4.78, 5) is 20.4. The molecule has 112 valence electrons. The lowest BCUT2D eigenvalue weighted by Gasteiger charge is -2.29. The van der Waals surface area contributed by atoms with Gasteiger partial charge in [-0.15, -0.1) is 0 Å². The quantitative estimate of drug-likeness (QED) is 0.855. The van der Waals surface area contributed by atoms with Crippen molar-refractivity contribution in [1.29, 1.82) is 0 Å². The number of nitrogens with zero attached hydrogens (tertiary/aromatic N) is 5. The van der Waals surface area contributed by atoms with Crippen molar-refractivity contribution in [3.8, 4) is 0 Å². The van der Waals surface area contributed by atoms with E-state index in [0.29, 0.717) is 6.54 Å². The van der Waals surface area contributed by atoms with Gasteiger partial charge in [0.05, 0.1) is 6.54 Å². The summed E-state index contributed by atoms with van der Waals surface area (Å²) in [5.41, 5.74) is 1.90. The van der Waals surface area contributed by atoms with Crippen molar-refractivity contribution in [3.05, 3.63) is 24.0 Å². The second-order valence-electron chi connectivity index (χ2n) is 5.41. The van der Waals surface area contributed by atoms with Gasteiger partial charge in [-0.25, -0.2) is 4.98 Å². The van der Waals surface area contributed by atoms with E-state index < -0.39 is 0 Å². The average Bonchev–Trinajstić information content (AvgIpc) is 2.95. The maximum Gasteiger partial charge on any atom is 0.242 e. The van der Waals surface area contributed by atoms with E-state index in [2.05, 4.69) is 15.4 Å². The summed E-state index contributed by atoms with van der Waals surface area (Å²) in [6, 6.07) is 4.00. The fourth-order valence-corrected chi connectivity index (χ4v) is 2.61. The average molecular weight is 288 g/mol. The maximum atomic E-state index is 12.4. The molecule has 3 rings (SSSR count). The van der Waals surface area contributed by atoms with Gasteiger partial charge in [-0.2, -0.15) is 9.61 Å². The molecule has 1 amide bonds. The van der Waals surface area contributed by atoms with E-state index in [1.54, 1.807) is 4.52 Å². The van der Waals surface area contributed by atoms with Gasteiger partial charge >= 0.3 is 0 Å². The lowest BCUT2D eigenvalue weighted by Crippen LogP contribution is -2.49. The fraction of sp³-hybridized carbons (Fsp3) is 0.500. The third-order valence-electron chi connectivity index (χ3n) is 3.74. The third-order valence-corrected chi connectivity index (χ3v) is 3.74. The number of anilines is 1. The van der Waals surface area contributed by atoms with E-state index >= 15 is 0 Å². The van der Waals surface area contributed by atoms with Crippen LogP contribution in [-0.2, 0) is 4.79 Å². The Bertz CT molecular complexity index is 646. The number of pyridine rings is 1. The van der Waals surface area contributed by atoms with Crippen LogP contribution in [0.4, 0.5) is 5.82 Å². The summed E-state index contributed by atoms with van der Waals surface area (Å²) in [5.74, 6) is 1.03. The van der Waals surface area contributed by atoms with Crippen molar-refractivity contribution in [2.45, 2.75) is 6.92 Å². The SMILES string of the molecule is Cc1cc(N(C)CC(=O)N2CCNCC2)n2ncnc2c1. The van der Waals surface area contributed by atoms with Crippen LogP contribution in [0.2, 0.25) is 0 Å². The molecule has 0 aliphatic carbocycles. The molecule has 0 aromatic carbocycles. The molecule has 0 atom stereocenters. The van der Waals surface area contributed by atoms with Gasteiger partial charge in [-0.1, -0.05) is 0 Å². The minimum atomic E-state index is 0.147. The number of hydrogen-bond acceptors (Lipinski definition) is 5. The van der Waals surface area contributed by atoms with E-state index in [4.69, 9.17) is 0 Å². The number of fused-ring (bicyclic) bond motifs is 1. The van der Waals surface area contributed by atoms with Gasteiger partial charge in [0, 0.05) is 33.2 Å². The number of amides is 1. The predicted octanol–water partition coefficient (Wildman–Crippen LogP) is -0.0943. The van der Waals surface area contributed by atoms with Gasteiger partial charge in [-0.05, 0) is 24.6 Å². The minimum Gasteiger partial charge on any atom is -0.350 e. The Hall–Kier alpha value is -2.15. The van der Waals surface area contributed by atoms with E-state index in [-0.39, 0.29) is 5.91 Å². The molecule has 21 heavy (non-hydrogen) atoms. The Kier molecular flexibility index (Phi) is 3.74. The van der Waals surface area contributed by atoms with Gasteiger partial charge in [0.1, 0.15) is 12.1 Å². The Balaban J connectivity index is 1.78. The van der Waals surface area contributed by atoms with E-state index in [1.165, 1.54) is 6.33 Å². The number of hydrogen-bond donors (Lipinski definition) is 1. The number of carbonyl (C=O) groups is 1. The molecule has 1 saturated heterocycles. The van der Waals surface area contributed by atoms with Gasteiger partial charge in [0.25, 0.3) is 0 Å². The second kappa shape index (κ2) is 5.69. The Morgan fingerprint density at radius 2 is 2.14 bits per heavy atom. The normalized spacial score (nSPS) is 15.4. The van der Waals surface area contributed by atoms with Crippen LogP contribution in [0.25, 0.3) is 5.65 Å². The molecule has 2 aromatic heterocycles. The zero-order valence-electron chi connectivity index (χ0n) is 12.4. The number of carbonyl (C=O) groups excluding carboxylic acids is 1. The summed E-state index contributed by atoms with van der Waals surface area (Å²) in [6.45, 7) is 5.65. The molecule has 7 heteroatoms. The van der Waals surface area contributed by atoms with Crippen LogP contribution >= 0.6 is 0 Å². The smallest absolute Gasteiger partial charge is 0.242 e. The molecular formula is C14H20N6O. The number of piperazine rings is 1. The van der Waals surface area contributed by atoms with Gasteiger partial charge in [0.15, 0.2) is 5.65 Å². The van der Waals surface area contributed by atoms with E-state index in [9.17, 15) is 4.79 Å². The standard InChI is InChI=1S/C14H20N6O/c1-11-7-12-16-10-17-20(12)13(8-11)18(2)9-14(21)19-5-3-15-4-6-19/h7-8,10,15H,3-6,9H2,1-2H3. The molecule has 1 N–H and O–H groups in total. The molecule has 0 spiro atoms. The molecule has 1 aliphatic heterocycles. The maximum absolute atomic E-state index is 12.4. The Morgan fingerprint density at radius 1 is 1.38 bits per heavy atom. The predicted molar refractivity (Wildman–Crippen MR) is 80.4 cm³/mol. The number of likely N-dealkylation sites (N-methyl/N-ethyl adjacent to an activating group) is 1. The molecule has 7 nitrogen and oxygen atoms in total. The van der Waals surface area contributed by atoms with Crippen molar-refractivity contribution in [2.75, 3.05) is 44.7 Å². The summed E-state index contributed by atoms with van der Waals surface area (Å²) < 4.78 is 1.76. The van der Waals surface area contributed by atoms with Crippen LogP contribution in [0.3, 0.4) is 0 Å². The number of aromatic nitrogens is 3. The van der Waals surface area contributed by atoms with Crippen molar-refractivity contribution >= 4 is 17.4 Å². The molecule has 3 heterocycles. The molecule has 0 bridgehead atoms. The molecule has 0 unspecified atom stereocenters. The van der Waals surface area contributed by atoms with Crippen LogP contribution in [0.5, 0.6) is 0 Å². The Morgan fingerprint density at radius 3 is 2.90 bits per heavy atom. The first-order valence-corrected chi connectivity index (χ1v) is 7.15. The molecular weight excluding hydrogens is 268 g/mol. The first-order valence-electron chi connectivity index (χ1n) is 7.15. The number of rotatable bonds is 3. The number of nitrogens with one attached hydrogen (secondary N) is 1. The zero-order chi connectivity index (χ0) is 14.8. The highest BCUT2D eigenvalue weighted by atomic mass is 16.2. The van der Waals surface area contributed by atoms with Crippen molar-refractivity contribution in [1.82, 2.24) is 24.8 Å². The van der Waals surface area contributed by atoms with Crippen LogP contribution in [-0.4, -0.2) is 65.2 Å². The summed E-state index contributed by atoms with van der Waals surface area (Å²) in [7, 11) is 1.91. The first kappa shape index (κ1) is 13.8. The van der Waals surface area contributed by atoms with Crippen LogP contribution in [0.15, 0.2) is 18.5 Å². The topological polar surface area (TPSA) is 65.8 Å². The minimum absolute atomic E-state index is 0.147. The van der Waals surface area contributed by atoms with Gasteiger partial charge < -0.3 is 15.1 Å². The lowest BCUT2D eigenvalue weighted by molar-refractivity contribution is -0.130. The highest BCUT2D eigenvalue weighted by Gasteiger charge is 2.19. The summed E-state index contributed by atoms with van der Waals surface area (Å²) in [5, 5.41) is 7.48.